The van der Waals surface area contributed by atoms with E-state index in [4.69, 9.17) is 9.47 Å². The zero-order valence-electron chi connectivity index (χ0n) is 11.0. The largest absolute Gasteiger partial charge is 0.385 e. The molecular weight excluding hydrogens is 216 g/mol. The molecule has 0 aromatic carbocycles. The molecule has 4 heteroatoms. The minimum absolute atomic E-state index is 0.455. The summed E-state index contributed by atoms with van der Waals surface area (Å²) in [5.74, 6) is 0.474. The van der Waals surface area contributed by atoms with Crippen molar-refractivity contribution in [2.75, 3.05) is 33.5 Å². The molecule has 0 bridgehead atoms. The summed E-state index contributed by atoms with van der Waals surface area (Å²) in [7, 11) is 1.69. The maximum Gasteiger partial charge on any atom is 0.133 e. The Balaban J connectivity index is 2.32. The van der Waals surface area contributed by atoms with Crippen LogP contribution < -0.4 is 5.32 Å². The van der Waals surface area contributed by atoms with E-state index in [0.717, 1.165) is 32.2 Å². The molecule has 0 spiro atoms. The summed E-state index contributed by atoms with van der Waals surface area (Å²) in [6, 6.07) is 2.44. The second kappa shape index (κ2) is 7.65. The molecule has 1 N–H and O–H groups in total. The normalized spacial score (nSPS) is 18.6. The predicted octanol–water partition coefficient (Wildman–Crippen LogP) is 1.71. The van der Waals surface area contributed by atoms with Crippen molar-refractivity contribution in [2.45, 2.75) is 38.1 Å². The highest BCUT2D eigenvalue weighted by Crippen LogP contribution is 2.39. The number of methoxy groups -OCH3 is 1. The molecular formula is C13H24N2O2. The molecule has 0 aliphatic heterocycles. The summed E-state index contributed by atoms with van der Waals surface area (Å²) in [4.78, 5) is 0. The van der Waals surface area contributed by atoms with Crippen molar-refractivity contribution < 1.29 is 9.47 Å². The van der Waals surface area contributed by atoms with Crippen molar-refractivity contribution in [3.8, 4) is 6.07 Å². The Kier molecular flexibility index (Phi) is 6.49. The Labute approximate surface area is 104 Å². The number of nitrogens with one attached hydrogen (secondary N) is 1. The van der Waals surface area contributed by atoms with E-state index >= 15 is 0 Å². The summed E-state index contributed by atoms with van der Waals surface area (Å²) in [5, 5.41) is 12.8. The number of nitriles is 1. The van der Waals surface area contributed by atoms with Crippen LogP contribution in [0.25, 0.3) is 0 Å². The molecule has 1 aliphatic rings. The Morgan fingerprint density at radius 1 is 1.41 bits per heavy atom. The highest BCUT2D eigenvalue weighted by molar-refractivity contribution is 5.15. The molecule has 1 aliphatic carbocycles. The second-order valence-corrected chi connectivity index (χ2v) is 4.68. The van der Waals surface area contributed by atoms with E-state index in [-0.39, 0.29) is 0 Å². The van der Waals surface area contributed by atoms with Crippen molar-refractivity contribution in [3.63, 3.8) is 0 Å². The van der Waals surface area contributed by atoms with Crippen LogP contribution in [0.15, 0.2) is 0 Å². The molecule has 0 aromatic rings. The fraction of sp³-hybridized carbons (Fsp3) is 0.923. The zero-order chi connectivity index (χ0) is 12.6. The van der Waals surface area contributed by atoms with E-state index < -0.39 is 5.54 Å². The van der Waals surface area contributed by atoms with E-state index in [9.17, 15) is 5.26 Å². The van der Waals surface area contributed by atoms with Gasteiger partial charge in [0.2, 0.25) is 0 Å². The fourth-order valence-electron chi connectivity index (χ4n) is 1.94. The van der Waals surface area contributed by atoms with Gasteiger partial charge in [-0.05, 0) is 38.1 Å². The molecule has 1 unspecified atom stereocenters. The lowest BCUT2D eigenvalue weighted by atomic mass is 9.96. The molecule has 0 aromatic heterocycles. The van der Waals surface area contributed by atoms with Crippen molar-refractivity contribution in [3.05, 3.63) is 0 Å². The van der Waals surface area contributed by atoms with Gasteiger partial charge in [0.25, 0.3) is 0 Å². The quantitative estimate of drug-likeness (QED) is 0.591. The lowest BCUT2D eigenvalue weighted by Crippen LogP contribution is -2.50. The molecule has 1 rings (SSSR count). The van der Waals surface area contributed by atoms with Gasteiger partial charge in [0, 0.05) is 20.3 Å². The maximum atomic E-state index is 9.40. The van der Waals surface area contributed by atoms with Gasteiger partial charge in [0.15, 0.2) is 0 Å². The van der Waals surface area contributed by atoms with E-state index in [1.54, 1.807) is 7.11 Å². The van der Waals surface area contributed by atoms with Crippen LogP contribution in [-0.4, -0.2) is 39.0 Å². The Bertz CT molecular complexity index is 248. The summed E-state index contributed by atoms with van der Waals surface area (Å²) < 4.78 is 10.6. The zero-order valence-corrected chi connectivity index (χ0v) is 11.0. The Morgan fingerprint density at radius 2 is 2.18 bits per heavy atom. The minimum atomic E-state index is -0.455. The van der Waals surface area contributed by atoms with Crippen LogP contribution in [0, 0.1) is 17.2 Å². The molecule has 1 fully saturated rings. The first-order valence-electron chi connectivity index (χ1n) is 6.52. The summed E-state index contributed by atoms with van der Waals surface area (Å²) in [5.41, 5.74) is -0.455. The van der Waals surface area contributed by atoms with Crippen molar-refractivity contribution in [1.82, 2.24) is 5.32 Å². The maximum absolute atomic E-state index is 9.40. The molecule has 0 heterocycles. The summed E-state index contributed by atoms with van der Waals surface area (Å²) in [6.07, 6.45) is 4.22. The number of hydrogen-bond acceptors (Lipinski definition) is 4. The third kappa shape index (κ3) is 4.63. The van der Waals surface area contributed by atoms with Crippen LogP contribution in [0.3, 0.4) is 0 Å². The van der Waals surface area contributed by atoms with Crippen molar-refractivity contribution >= 4 is 0 Å². The standard InChI is InChI=1S/C13H24N2O2/c1-3-7-15-13(10-14,12-5-6-12)11-17-9-4-8-16-2/h12,15H,3-9,11H2,1-2H3. The lowest BCUT2D eigenvalue weighted by molar-refractivity contribution is 0.0648. The topological polar surface area (TPSA) is 54.3 Å². The average molecular weight is 240 g/mol. The van der Waals surface area contributed by atoms with Crippen LogP contribution >= 0.6 is 0 Å². The Hall–Kier alpha value is -0.630. The monoisotopic (exact) mass is 240 g/mol. The molecule has 17 heavy (non-hydrogen) atoms. The third-order valence-corrected chi connectivity index (χ3v) is 3.13. The molecule has 0 amide bonds. The highest BCUT2D eigenvalue weighted by Gasteiger charge is 2.45. The van der Waals surface area contributed by atoms with Crippen LogP contribution in [-0.2, 0) is 9.47 Å². The summed E-state index contributed by atoms with van der Waals surface area (Å²) >= 11 is 0. The number of ether oxygens (including phenoxy) is 2. The molecule has 1 saturated carbocycles. The van der Waals surface area contributed by atoms with Crippen LogP contribution in [0.2, 0.25) is 0 Å². The van der Waals surface area contributed by atoms with Crippen molar-refractivity contribution in [1.29, 1.82) is 5.26 Å². The van der Waals surface area contributed by atoms with Crippen molar-refractivity contribution in [2.24, 2.45) is 5.92 Å². The SMILES string of the molecule is CCCNC(C#N)(COCCCOC)C1CC1. The molecule has 4 nitrogen and oxygen atoms in total. The van der Waals surface area contributed by atoms with E-state index in [1.807, 2.05) is 0 Å². The van der Waals surface area contributed by atoms with Gasteiger partial charge >= 0.3 is 0 Å². The smallest absolute Gasteiger partial charge is 0.133 e. The predicted molar refractivity (Wildman–Crippen MR) is 66.7 cm³/mol. The van der Waals surface area contributed by atoms with E-state index in [2.05, 4.69) is 18.3 Å². The average Bonchev–Trinajstić information content (AvgIpc) is 3.18. The molecule has 0 saturated heterocycles. The van der Waals surface area contributed by atoms with E-state index in [0.29, 0.717) is 25.7 Å². The number of nitrogens with zero attached hydrogens (tertiary/aromatic N) is 1. The van der Waals surface area contributed by atoms with Gasteiger partial charge in [-0.2, -0.15) is 5.26 Å². The Morgan fingerprint density at radius 3 is 2.71 bits per heavy atom. The van der Waals surface area contributed by atoms with Gasteiger partial charge in [-0.25, -0.2) is 0 Å². The first-order chi connectivity index (χ1) is 8.29. The molecule has 0 radical (unpaired) electrons. The second-order valence-electron chi connectivity index (χ2n) is 4.68. The van der Waals surface area contributed by atoms with Gasteiger partial charge in [-0.15, -0.1) is 0 Å². The van der Waals surface area contributed by atoms with E-state index in [1.165, 1.54) is 0 Å². The van der Waals surface area contributed by atoms with Gasteiger partial charge in [0.1, 0.15) is 5.54 Å². The van der Waals surface area contributed by atoms with Gasteiger partial charge < -0.3 is 9.47 Å². The van der Waals surface area contributed by atoms with Crippen LogP contribution in [0.1, 0.15) is 32.6 Å². The van der Waals surface area contributed by atoms with Crippen LogP contribution in [0.5, 0.6) is 0 Å². The first kappa shape index (κ1) is 14.4. The first-order valence-corrected chi connectivity index (χ1v) is 6.52. The minimum Gasteiger partial charge on any atom is -0.385 e. The third-order valence-electron chi connectivity index (χ3n) is 3.13. The number of hydrogen-bond donors (Lipinski definition) is 1. The van der Waals surface area contributed by atoms with Gasteiger partial charge in [0.05, 0.1) is 12.7 Å². The van der Waals surface area contributed by atoms with Crippen LogP contribution in [0.4, 0.5) is 0 Å². The highest BCUT2D eigenvalue weighted by atomic mass is 16.5. The fourth-order valence-corrected chi connectivity index (χ4v) is 1.94. The van der Waals surface area contributed by atoms with Gasteiger partial charge in [-0.3, -0.25) is 5.32 Å². The number of rotatable bonds is 10. The molecule has 98 valence electrons. The summed E-state index contributed by atoms with van der Waals surface area (Å²) in [6.45, 7) is 4.87. The lowest BCUT2D eigenvalue weighted by Gasteiger charge is -2.27. The molecule has 1 atom stereocenters. The van der Waals surface area contributed by atoms with Gasteiger partial charge in [-0.1, -0.05) is 6.92 Å².